The van der Waals surface area contributed by atoms with Crippen molar-refractivity contribution >= 4 is 5.91 Å². The van der Waals surface area contributed by atoms with Gasteiger partial charge in [-0.3, -0.25) is 14.0 Å². The molecule has 0 N–H and O–H groups in total. The van der Waals surface area contributed by atoms with Crippen LogP contribution in [-0.2, 0) is 24.8 Å². The molecule has 0 bridgehead atoms. The molecule has 0 saturated carbocycles. The summed E-state index contributed by atoms with van der Waals surface area (Å²) in [7, 11) is 1.69. The quantitative estimate of drug-likeness (QED) is 0.776. The Morgan fingerprint density at radius 1 is 1.31 bits per heavy atom. The van der Waals surface area contributed by atoms with Crippen LogP contribution in [0, 0.1) is 5.92 Å². The molecule has 0 spiro atoms. The summed E-state index contributed by atoms with van der Waals surface area (Å²) in [6.07, 6.45) is 6.97. The minimum absolute atomic E-state index is 0.0554. The molecule has 3 heterocycles. The van der Waals surface area contributed by atoms with Crippen molar-refractivity contribution in [3.63, 3.8) is 0 Å². The van der Waals surface area contributed by atoms with Gasteiger partial charge in [-0.15, -0.1) is 0 Å². The van der Waals surface area contributed by atoms with Crippen molar-refractivity contribution in [2.45, 2.75) is 52.1 Å². The largest absolute Gasteiger partial charge is 0.345 e. The van der Waals surface area contributed by atoms with Crippen molar-refractivity contribution < 1.29 is 4.79 Å². The number of amides is 1. The lowest BCUT2D eigenvalue weighted by Crippen LogP contribution is -2.43. The van der Waals surface area contributed by atoms with Crippen LogP contribution < -0.4 is 5.69 Å². The Kier molecular flexibility index (Phi) is 5.58. The van der Waals surface area contributed by atoms with Gasteiger partial charge < -0.3 is 4.90 Å². The second-order valence-corrected chi connectivity index (χ2v) is 6.95. The molecule has 2 aromatic heterocycles. The molecule has 8 heteroatoms. The summed E-state index contributed by atoms with van der Waals surface area (Å²) in [5.74, 6) is 1.46. The zero-order chi connectivity index (χ0) is 18.7. The first kappa shape index (κ1) is 18.4. The highest BCUT2D eigenvalue weighted by atomic mass is 16.2. The van der Waals surface area contributed by atoms with Gasteiger partial charge in [0.2, 0.25) is 5.91 Å². The molecule has 1 aliphatic rings. The smallest absolute Gasteiger partial charge is 0.341 e. The molecule has 8 nitrogen and oxygen atoms in total. The number of aryl methyl sites for hydroxylation is 1. The highest BCUT2D eigenvalue weighted by molar-refractivity contribution is 5.80. The van der Waals surface area contributed by atoms with E-state index in [-0.39, 0.29) is 17.6 Å². The Balaban J connectivity index is 1.60. The van der Waals surface area contributed by atoms with E-state index in [1.54, 1.807) is 22.5 Å². The number of rotatable bonds is 6. The average Bonchev–Trinajstić information content (AvgIpc) is 3.25. The number of carbonyl (C=O) groups excluding carboxylic acids is 1. The van der Waals surface area contributed by atoms with E-state index >= 15 is 0 Å². The number of aromatic nitrogens is 5. The lowest BCUT2D eigenvalue weighted by Gasteiger charge is -2.34. The van der Waals surface area contributed by atoms with Gasteiger partial charge >= 0.3 is 5.69 Å². The predicted molar refractivity (Wildman–Crippen MR) is 97.7 cm³/mol. The van der Waals surface area contributed by atoms with Crippen LogP contribution in [0.5, 0.6) is 0 Å². The summed E-state index contributed by atoms with van der Waals surface area (Å²) in [6, 6.07) is 1.63. The van der Waals surface area contributed by atoms with Crippen LogP contribution in [0.3, 0.4) is 0 Å². The summed E-state index contributed by atoms with van der Waals surface area (Å²) < 4.78 is 4.90. The van der Waals surface area contributed by atoms with Crippen molar-refractivity contribution in [2.75, 3.05) is 13.1 Å². The fourth-order valence-electron chi connectivity index (χ4n) is 3.79. The fraction of sp³-hybridized carbons (Fsp3) is 0.667. The third kappa shape index (κ3) is 3.59. The summed E-state index contributed by atoms with van der Waals surface area (Å²) >= 11 is 0. The van der Waals surface area contributed by atoms with Gasteiger partial charge in [0.15, 0.2) is 0 Å². The number of piperidine rings is 1. The van der Waals surface area contributed by atoms with Crippen LogP contribution in [0.1, 0.15) is 45.0 Å². The van der Waals surface area contributed by atoms with Crippen molar-refractivity contribution in [1.29, 1.82) is 0 Å². The molecule has 142 valence electrons. The van der Waals surface area contributed by atoms with E-state index in [9.17, 15) is 9.59 Å². The molecule has 1 unspecified atom stereocenters. The maximum atomic E-state index is 12.8. The molecule has 1 saturated heterocycles. The van der Waals surface area contributed by atoms with E-state index < -0.39 is 0 Å². The minimum atomic E-state index is -0.220. The van der Waals surface area contributed by atoms with Gasteiger partial charge in [0.05, 0.1) is 0 Å². The van der Waals surface area contributed by atoms with Gasteiger partial charge in [0.25, 0.3) is 0 Å². The van der Waals surface area contributed by atoms with Crippen LogP contribution >= 0.6 is 0 Å². The standard InChI is InChI=1S/C18H28N6O2/c1-4-15(24-10-6-9-19-24)17(25)22-11-7-14(8-12-22)13-16-20-21(3)18(26)23(16)5-2/h6,9-10,14-15H,4-5,7-8,11-13H2,1-3H3. The lowest BCUT2D eigenvalue weighted by molar-refractivity contribution is -0.136. The summed E-state index contributed by atoms with van der Waals surface area (Å²) in [5, 5.41) is 8.61. The Morgan fingerprint density at radius 2 is 2.04 bits per heavy atom. The number of hydrogen-bond acceptors (Lipinski definition) is 4. The minimum Gasteiger partial charge on any atom is -0.341 e. The van der Waals surface area contributed by atoms with Gasteiger partial charge in [-0.1, -0.05) is 6.92 Å². The van der Waals surface area contributed by atoms with Crippen LogP contribution in [-0.4, -0.2) is 48.0 Å². The van der Waals surface area contributed by atoms with Crippen LogP contribution in [0.2, 0.25) is 0 Å². The first-order valence-electron chi connectivity index (χ1n) is 9.45. The maximum Gasteiger partial charge on any atom is 0.345 e. The molecule has 3 rings (SSSR count). The molecule has 0 radical (unpaired) electrons. The summed E-state index contributed by atoms with van der Waals surface area (Å²) in [5.41, 5.74) is -0.0554. The zero-order valence-corrected chi connectivity index (χ0v) is 15.8. The molecule has 1 amide bonds. The first-order valence-corrected chi connectivity index (χ1v) is 9.45. The van der Waals surface area contributed by atoms with E-state index in [1.165, 1.54) is 4.68 Å². The molecule has 26 heavy (non-hydrogen) atoms. The number of carbonyl (C=O) groups is 1. The zero-order valence-electron chi connectivity index (χ0n) is 15.8. The van der Waals surface area contributed by atoms with Crippen LogP contribution in [0.4, 0.5) is 0 Å². The third-order valence-corrected chi connectivity index (χ3v) is 5.31. The van der Waals surface area contributed by atoms with E-state index in [0.717, 1.165) is 44.6 Å². The molecule has 1 fully saturated rings. The van der Waals surface area contributed by atoms with Gasteiger partial charge in [-0.2, -0.15) is 10.2 Å². The highest BCUT2D eigenvalue weighted by Crippen LogP contribution is 2.23. The van der Waals surface area contributed by atoms with Crippen molar-refractivity contribution in [1.82, 2.24) is 29.0 Å². The molecule has 0 aliphatic carbocycles. The van der Waals surface area contributed by atoms with Crippen molar-refractivity contribution in [2.24, 2.45) is 13.0 Å². The summed E-state index contributed by atoms with van der Waals surface area (Å²) in [6.45, 7) is 6.13. The van der Waals surface area contributed by atoms with Crippen LogP contribution in [0.15, 0.2) is 23.3 Å². The molecule has 1 atom stereocenters. The van der Waals surface area contributed by atoms with Gasteiger partial charge in [-0.25, -0.2) is 9.48 Å². The Morgan fingerprint density at radius 3 is 2.62 bits per heavy atom. The molecule has 1 aliphatic heterocycles. The summed E-state index contributed by atoms with van der Waals surface area (Å²) in [4.78, 5) is 26.8. The SMILES string of the molecule is CCC(C(=O)N1CCC(Cc2nn(C)c(=O)n2CC)CC1)n1cccn1. The van der Waals surface area contributed by atoms with Gasteiger partial charge in [0.1, 0.15) is 11.9 Å². The van der Waals surface area contributed by atoms with Crippen molar-refractivity contribution in [3.8, 4) is 0 Å². The van der Waals surface area contributed by atoms with E-state index in [1.807, 2.05) is 31.0 Å². The molecule has 0 aromatic carbocycles. The fourth-order valence-corrected chi connectivity index (χ4v) is 3.79. The monoisotopic (exact) mass is 360 g/mol. The van der Waals surface area contributed by atoms with Gasteiger partial charge in [0, 0.05) is 45.5 Å². The van der Waals surface area contributed by atoms with E-state index in [4.69, 9.17) is 0 Å². The molecular weight excluding hydrogens is 332 g/mol. The Bertz CT molecular complexity index is 783. The first-order chi connectivity index (χ1) is 12.5. The second kappa shape index (κ2) is 7.88. The molecule has 2 aromatic rings. The topological polar surface area (TPSA) is 78.0 Å². The third-order valence-electron chi connectivity index (χ3n) is 5.31. The average molecular weight is 360 g/mol. The second-order valence-electron chi connectivity index (χ2n) is 6.95. The van der Waals surface area contributed by atoms with Crippen molar-refractivity contribution in [3.05, 3.63) is 34.8 Å². The van der Waals surface area contributed by atoms with Gasteiger partial charge in [-0.05, 0) is 38.2 Å². The van der Waals surface area contributed by atoms with E-state index in [2.05, 4.69) is 10.2 Å². The van der Waals surface area contributed by atoms with Crippen LogP contribution in [0.25, 0.3) is 0 Å². The number of nitrogens with zero attached hydrogens (tertiary/aromatic N) is 6. The lowest BCUT2D eigenvalue weighted by atomic mass is 9.92. The molecular formula is C18H28N6O2. The Hall–Kier alpha value is -2.38. The predicted octanol–water partition coefficient (Wildman–Crippen LogP) is 1.23. The normalized spacial score (nSPS) is 16.8. The number of hydrogen-bond donors (Lipinski definition) is 0. The number of likely N-dealkylation sites (tertiary alicyclic amines) is 1. The highest BCUT2D eigenvalue weighted by Gasteiger charge is 2.29. The maximum absolute atomic E-state index is 12.8. The van der Waals surface area contributed by atoms with E-state index in [0.29, 0.717) is 12.5 Å². The Labute approximate surface area is 153 Å².